The number of hydrogen-bond acceptors (Lipinski definition) is 1. The van der Waals surface area contributed by atoms with Crippen molar-refractivity contribution in [2.45, 2.75) is 12.5 Å². The Kier molecular flexibility index (Phi) is 2.73. The Morgan fingerprint density at radius 3 is 2.65 bits per heavy atom. The number of hydrogen-bond donors (Lipinski definition) is 1. The van der Waals surface area contributed by atoms with Crippen molar-refractivity contribution in [3.05, 3.63) is 63.6 Å². The predicted octanol–water partition coefficient (Wildman–Crippen LogP) is 4.70. The Bertz CT molecular complexity index is 541. The zero-order valence-electron chi connectivity index (χ0n) is 9.08. The summed E-state index contributed by atoms with van der Waals surface area (Å²) in [5.41, 5.74) is 3.64. The molecule has 2 aromatic carbocycles. The maximum atomic E-state index is 6.23. The van der Waals surface area contributed by atoms with Gasteiger partial charge >= 0.3 is 0 Å². The first-order valence-electron chi connectivity index (χ1n) is 5.53. The minimum absolute atomic E-state index is 0.247. The van der Waals surface area contributed by atoms with Crippen LogP contribution >= 0.6 is 23.2 Å². The van der Waals surface area contributed by atoms with Gasteiger partial charge in [-0.3, -0.25) is 0 Å². The van der Waals surface area contributed by atoms with Gasteiger partial charge in [0.05, 0.1) is 6.04 Å². The van der Waals surface area contributed by atoms with Crippen LogP contribution in [0, 0.1) is 0 Å². The molecule has 0 saturated heterocycles. The molecule has 1 nitrogen and oxygen atoms in total. The Morgan fingerprint density at radius 2 is 1.88 bits per heavy atom. The summed E-state index contributed by atoms with van der Waals surface area (Å²) in [6.07, 6.45) is 0.970. The fraction of sp³-hybridized carbons (Fsp3) is 0.143. The van der Waals surface area contributed by atoms with E-state index >= 15 is 0 Å². The molecule has 3 heteroatoms. The van der Waals surface area contributed by atoms with Gasteiger partial charge in [-0.05, 0) is 35.7 Å². The van der Waals surface area contributed by atoms with Crippen molar-refractivity contribution in [3.8, 4) is 0 Å². The SMILES string of the molecule is Clc1ccc([C@@H]2Cc3ccccc3N2)c(Cl)c1. The van der Waals surface area contributed by atoms with Gasteiger partial charge in [0.1, 0.15) is 0 Å². The molecule has 1 atom stereocenters. The van der Waals surface area contributed by atoms with Gasteiger partial charge in [0.25, 0.3) is 0 Å². The van der Waals surface area contributed by atoms with Crippen LogP contribution in [0.2, 0.25) is 10.0 Å². The molecular formula is C14H11Cl2N. The van der Waals surface area contributed by atoms with Gasteiger partial charge in [0.15, 0.2) is 0 Å². The summed E-state index contributed by atoms with van der Waals surface area (Å²) in [7, 11) is 0. The number of benzene rings is 2. The average Bonchev–Trinajstić information content (AvgIpc) is 2.72. The fourth-order valence-corrected chi connectivity index (χ4v) is 2.81. The van der Waals surface area contributed by atoms with E-state index in [2.05, 4.69) is 23.5 Å². The quantitative estimate of drug-likeness (QED) is 0.787. The molecule has 1 N–H and O–H groups in total. The van der Waals surface area contributed by atoms with E-state index in [9.17, 15) is 0 Å². The standard InChI is InChI=1S/C14H11Cl2N/c15-10-5-6-11(12(16)8-10)14-7-9-3-1-2-4-13(9)17-14/h1-6,8,14,17H,7H2/t14-/m0/s1. The number of nitrogens with one attached hydrogen (secondary N) is 1. The van der Waals surface area contributed by atoms with Crippen molar-refractivity contribution < 1.29 is 0 Å². The molecule has 1 aliphatic heterocycles. The molecule has 0 amide bonds. The Balaban J connectivity index is 1.94. The van der Waals surface area contributed by atoms with Crippen LogP contribution in [0.1, 0.15) is 17.2 Å². The summed E-state index contributed by atoms with van der Waals surface area (Å²) in [6.45, 7) is 0. The van der Waals surface area contributed by atoms with Gasteiger partial charge in [-0.2, -0.15) is 0 Å². The van der Waals surface area contributed by atoms with Crippen LogP contribution in [0.5, 0.6) is 0 Å². The Hall–Kier alpha value is -1.18. The minimum atomic E-state index is 0.247. The van der Waals surface area contributed by atoms with Crippen molar-refractivity contribution in [1.29, 1.82) is 0 Å². The lowest BCUT2D eigenvalue weighted by atomic mass is 10.0. The van der Waals surface area contributed by atoms with Crippen LogP contribution in [0.4, 0.5) is 5.69 Å². The van der Waals surface area contributed by atoms with Crippen molar-refractivity contribution in [1.82, 2.24) is 0 Å². The van der Waals surface area contributed by atoms with Crippen molar-refractivity contribution >= 4 is 28.9 Å². The lowest BCUT2D eigenvalue weighted by Crippen LogP contribution is -2.06. The van der Waals surface area contributed by atoms with E-state index in [1.54, 1.807) is 6.07 Å². The molecule has 0 aromatic heterocycles. The average molecular weight is 264 g/mol. The highest BCUT2D eigenvalue weighted by atomic mass is 35.5. The molecule has 0 fully saturated rings. The van der Waals surface area contributed by atoms with E-state index in [4.69, 9.17) is 23.2 Å². The highest BCUT2D eigenvalue weighted by Crippen LogP contribution is 2.37. The van der Waals surface area contributed by atoms with E-state index < -0.39 is 0 Å². The maximum Gasteiger partial charge on any atom is 0.0569 e. The lowest BCUT2D eigenvalue weighted by Gasteiger charge is -2.13. The first-order chi connectivity index (χ1) is 8.24. The molecule has 3 rings (SSSR count). The monoisotopic (exact) mass is 263 g/mol. The van der Waals surface area contributed by atoms with E-state index in [0.717, 1.165) is 17.0 Å². The molecule has 86 valence electrons. The topological polar surface area (TPSA) is 12.0 Å². The molecule has 2 aromatic rings. The van der Waals surface area contributed by atoms with Crippen molar-refractivity contribution in [3.63, 3.8) is 0 Å². The Morgan fingerprint density at radius 1 is 1.06 bits per heavy atom. The number of fused-ring (bicyclic) bond motifs is 1. The molecule has 0 unspecified atom stereocenters. The molecule has 0 saturated carbocycles. The maximum absolute atomic E-state index is 6.23. The second-order valence-electron chi connectivity index (χ2n) is 4.22. The van der Waals surface area contributed by atoms with Gasteiger partial charge in [-0.1, -0.05) is 47.5 Å². The highest BCUT2D eigenvalue weighted by molar-refractivity contribution is 6.35. The third-order valence-corrected chi connectivity index (χ3v) is 3.67. The largest absolute Gasteiger partial charge is 0.378 e. The molecular weight excluding hydrogens is 253 g/mol. The van der Waals surface area contributed by atoms with Crippen LogP contribution in [0.25, 0.3) is 0 Å². The van der Waals surface area contributed by atoms with Crippen LogP contribution in [-0.4, -0.2) is 0 Å². The Labute approximate surface area is 110 Å². The minimum Gasteiger partial charge on any atom is -0.378 e. The fourth-order valence-electron chi connectivity index (χ4n) is 2.27. The second-order valence-corrected chi connectivity index (χ2v) is 5.07. The third-order valence-electron chi connectivity index (χ3n) is 3.11. The number of anilines is 1. The van der Waals surface area contributed by atoms with Gasteiger partial charge in [0, 0.05) is 15.7 Å². The molecule has 1 heterocycles. The van der Waals surface area contributed by atoms with Gasteiger partial charge in [0.2, 0.25) is 0 Å². The van der Waals surface area contributed by atoms with Crippen LogP contribution in [0.3, 0.4) is 0 Å². The van der Waals surface area contributed by atoms with Gasteiger partial charge in [-0.25, -0.2) is 0 Å². The van der Waals surface area contributed by atoms with Crippen molar-refractivity contribution in [2.24, 2.45) is 0 Å². The normalized spacial score (nSPS) is 17.6. The third kappa shape index (κ3) is 2.01. The predicted molar refractivity (Wildman–Crippen MR) is 73.0 cm³/mol. The molecule has 1 aliphatic rings. The van der Waals surface area contributed by atoms with Gasteiger partial charge < -0.3 is 5.32 Å². The summed E-state index contributed by atoms with van der Waals surface area (Å²) < 4.78 is 0. The van der Waals surface area contributed by atoms with E-state index in [1.807, 2.05) is 18.2 Å². The van der Waals surface area contributed by atoms with Crippen LogP contribution in [-0.2, 0) is 6.42 Å². The summed E-state index contributed by atoms with van der Waals surface area (Å²) in [4.78, 5) is 0. The first kappa shape index (κ1) is 10.9. The summed E-state index contributed by atoms with van der Waals surface area (Å²) in [5, 5.41) is 4.88. The zero-order valence-corrected chi connectivity index (χ0v) is 10.6. The highest BCUT2D eigenvalue weighted by Gasteiger charge is 2.23. The van der Waals surface area contributed by atoms with E-state index in [1.165, 1.54) is 11.3 Å². The molecule has 17 heavy (non-hydrogen) atoms. The smallest absolute Gasteiger partial charge is 0.0569 e. The summed E-state index contributed by atoms with van der Waals surface area (Å²) in [5.74, 6) is 0. The molecule has 0 aliphatic carbocycles. The van der Waals surface area contributed by atoms with E-state index in [-0.39, 0.29) is 6.04 Å². The molecule has 0 spiro atoms. The zero-order chi connectivity index (χ0) is 11.8. The van der Waals surface area contributed by atoms with Crippen molar-refractivity contribution in [2.75, 3.05) is 5.32 Å². The lowest BCUT2D eigenvalue weighted by molar-refractivity contribution is 0.824. The molecule has 0 radical (unpaired) electrons. The number of para-hydroxylation sites is 1. The number of rotatable bonds is 1. The van der Waals surface area contributed by atoms with Crippen LogP contribution in [0.15, 0.2) is 42.5 Å². The number of halogens is 2. The van der Waals surface area contributed by atoms with E-state index in [0.29, 0.717) is 5.02 Å². The van der Waals surface area contributed by atoms with Gasteiger partial charge in [-0.15, -0.1) is 0 Å². The van der Waals surface area contributed by atoms with Crippen LogP contribution < -0.4 is 5.32 Å². The first-order valence-corrected chi connectivity index (χ1v) is 6.29. The summed E-state index contributed by atoms with van der Waals surface area (Å²) >= 11 is 12.1. The molecule has 0 bridgehead atoms. The summed E-state index contributed by atoms with van der Waals surface area (Å²) in [6, 6.07) is 14.3. The second kappa shape index (κ2) is 4.25.